The van der Waals surface area contributed by atoms with E-state index in [9.17, 15) is 0 Å². The topological polar surface area (TPSA) is 25.8 Å². The predicted molar refractivity (Wildman–Crippen MR) is 214 cm³/mol. The van der Waals surface area contributed by atoms with Crippen molar-refractivity contribution in [2.75, 3.05) is 0 Å². The molecule has 5 aromatic rings. The molecule has 246 valence electrons. The monoisotopic (exact) mass is 656 g/mol. The Morgan fingerprint density at radius 3 is 1.88 bits per heavy atom. The summed E-state index contributed by atoms with van der Waals surface area (Å²) in [6, 6.07) is 35.5. The molecule has 0 fully saturated rings. The van der Waals surface area contributed by atoms with Gasteiger partial charge < -0.3 is 0 Å². The molecule has 2 heteroatoms. The number of hydrogen-bond acceptors (Lipinski definition) is 2. The van der Waals surface area contributed by atoms with E-state index in [1.54, 1.807) is 0 Å². The van der Waals surface area contributed by atoms with Gasteiger partial charge in [-0.3, -0.25) is 4.98 Å². The zero-order valence-electron chi connectivity index (χ0n) is 29.0. The van der Waals surface area contributed by atoms with E-state index in [0.29, 0.717) is 11.8 Å². The summed E-state index contributed by atoms with van der Waals surface area (Å²) in [5, 5.41) is 2.65. The van der Waals surface area contributed by atoms with Crippen LogP contribution in [0.2, 0.25) is 0 Å². The minimum Gasteiger partial charge on any atom is -0.256 e. The molecule has 2 heterocycles. The molecule has 0 aliphatic heterocycles. The molecule has 0 saturated carbocycles. The van der Waals surface area contributed by atoms with Gasteiger partial charge in [-0.1, -0.05) is 128 Å². The van der Waals surface area contributed by atoms with Gasteiger partial charge in [0.15, 0.2) is 0 Å². The van der Waals surface area contributed by atoms with Crippen molar-refractivity contribution in [3.63, 3.8) is 0 Å². The van der Waals surface area contributed by atoms with Crippen molar-refractivity contribution in [3.05, 3.63) is 191 Å². The average Bonchev–Trinajstić information content (AvgIpc) is 3.22. The zero-order valence-corrected chi connectivity index (χ0v) is 29.0. The normalized spacial score (nSPS) is 19.0. The molecule has 2 nitrogen and oxygen atoms in total. The van der Waals surface area contributed by atoms with E-state index >= 15 is 0 Å². The van der Waals surface area contributed by atoms with E-state index in [2.05, 4.69) is 165 Å². The van der Waals surface area contributed by atoms with Crippen LogP contribution in [-0.2, 0) is 0 Å². The van der Waals surface area contributed by atoms with Gasteiger partial charge in [0.2, 0.25) is 0 Å². The van der Waals surface area contributed by atoms with Crippen LogP contribution in [0.3, 0.4) is 0 Å². The number of allylic oxidation sites excluding steroid dienone is 12. The Labute approximate surface area is 300 Å². The molecule has 0 radical (unpaired) electrons. The van der Waals surface area contributed by atoms with Crippen LogP contribution in [0.4, 0.5) is 0 Å². The van der Waals surface area contributed by atoms with E-state index in [1.807, 2.05) is 6.20 Å². The second-order valence-electron chi connectivity index (χ2n) is 14.0. The van der Waals surface area contributed by atoms with Crippen LogP contribution in [0.5, 0.6) is 0 Å². The first-order chi connectivity index (χ1) is 25.2. The maximum Gasteiger partial charge on any atom is 0.0712 e. The van der Waals surface area contributed by atoms with Crippen molar-refractivity contribution in [1.29, 1.82) is 0 Å². The molecular weight excluding hydrogens is 617 g/mol. The number of rotatable bonds is 6. The Bertz CT molecular complexity index is 2420. The van der Waals surface area contributed by atoms with Crippen molar-refractivity contribution in [1.82, 2.24) is 9.97 Å². The molecule has 0 spiro atoms. The summed E-state index contributed by atoms with van der Waals surface area (Å²) in [5.41, 5.74) is 15.2. The molecule has 4 aliphatic rings. The van der Waals surface area contributed by atoms with Crippen molar-refractivity contribution in [2.24, 2.45) is 11.8 Å². The largest absolute Gasteiger partial charge is 0.256 e. The number of aromatic nitrogens is 2. The van der Waals surface area contributed by atoms with E-state index in [4.69, 9.17) is 9.97 Å². The molecule has 2 unspecified atom stereocenters. The van der Waals surface area contributed by atoms with Gasteiger partial charge in [0.05, 0.1) is 17.1 Å². The highest BCUT2D eigenvalue weighted by Gasteiger charge is 2.29. The Hall–Kier alpha value is -5.86. The number of pyridine rings is 2. The van der Waals surface area contributed by atoms with Crippen LogP contribution in [0, 0.1) is 11.8 Å². The predicted octanol–water partition coefficient (Wildman–Crippen LogP) is 10.7. The summed E-state index contributed by atoms with van der Waals surface area (Å²) in [6.45, 7) is 2.39. The Balaban J connectivity index is 1.28. The van der Waals surface area contributed by atoms with Gasteiger partial charge in [-0.25, -0.2) is 4.98 Å². The maximum atomic E-state index is 5.25. The molecule has 0 N–H and O–H groups in total. The summed E-state index contributed by atoms with van der Waals surface area (Å²) in [6.07, 6.45) is 29.0. The quantitative estimate of drug-likeness (QED) is 0.182. The number of nitrogens with zero attached hydrogens (tertiary/aromatic N) is 2. The first-order valence-electron chi connectivity index (χ1n) is 18.3. The minimum atomic E-state index is 0.297. The van der Waals surface area contributed by atoms with E-state index < -0.39 is 0 Å². The lowest BCUT2D eigenvalue weighted by molar-refractivity contribution is 0.632. The fraction of sp³-hybridized carbons (Fsp3) is 0.143. The summed E-state index contributed by atoms with van der Waals surface area (Å²) in [7, 11) is 0. The van der Waals surface area contributed by atoms with Crippen molar-refractivity contribution in [3.8, 4) is 33.5 Å². The molecule has 0 amide bonds. The third kappa shape index (κ3) is 6.02. The van der Waals surface area contributed by atoms with Crippen molar-refractivity contribution >= 4 is 22.3 Å². The van der Waals surface area contributed by atoms with Crippen LogP contribution in [0.15, 0.2) is 164 Å². The third-order valence-electron chi connectivity index (χ3n) is 10.7. The summed E-state index contributed by atoms with van der Waals surface area (Å²) in [5.74, 6) is 0.621. The fourth-order valence-electron chi connectivity index (χ4n) is 8.14. The first kappa shape index (κ1) is 31.1. The third-order valence-corrected chi connectivity index (χ3v) is 10.7. The van der Waals surface area contributed by atoms with Gasteiger partial charge in [-0.15, -0.1) is 0 Å². The lowest BCUT2D eigenvalue weighted by atomic mass is 9.72. The van der Waals surface area contributed by atoms with Crippen LogP contribution >= 0.6 is 0 Å². The van der Waals surface area contributed by atoms with E-state index in [-0.39, 0.29) is 0 Å². The van der Waals surface area contributed by atoms with Crippen molar-refractivity contribution in [2.45, 2.75) is 32.6 Å². The van der Waals surface area contributed by atoms with E-state index in [0.717, 1.165) is 53.9 Å². The molecule has 2 atom stereocenters. The highest BCUT2D eigenvalue weighted by Crippen LogP contribution is 2.40. The van der Waals surface area contributed by atoms with Gasteiger partial charge in [0.25, 0.3) is 0 Å². The Morgan fingerprint density at radius 2 is 1.20 bits per heavy atom. The molecule has 0 saturated heterocycles. The smallest absolute Gasteiger partial charge is 0.0712 e. The Morgan fingerprint density at radius 1 is 0.529 bits per heavy atom. The molecular formula is C49H40N2. The number of benzene rings is 3. The molecule has 4 aliphatic carbocycles. The molecule has 51 heavy (non-hydrogen) atoms. The highest BCUT2D eigenvalue weighted by atomic mass is 14.7. The summed E-state index contributed by atoms with van der Waals surface area (Å²) < 4.78 is 0. The van der Waals surface area contributed by atoms with Crippen LogP contribution in [0.25, 0.3) is 55.8 Å². The molecule has 2 aromatic heterocycles. The highest BCUT2D eigenvalue weighted by molar-refractivity contribution is 5.86. The molecule has 9 rings (SSSR count). The molecule has 3 aromatic carbocycles. The van der Waals surface area contributed by atoms with E-state index in [1.165, 1.54) is 55.0 Å². The van der Waals surface area contributed by atoms with Crippen LogP contribution in [-0.4, -0.2) is 9.97 Å². The fourth-order valence-corrected chi connectivity index (χ4v) is 8.14. The summed E-state index contributed by atoms with van der Waals surface area (Å²) >= 11 is 0. The van der Waals surface area contributed by atoms with Crippen LogP contribution in [0.1, 0.15) is 49.6 Å². The maximum absolute atomic E-state index is 5.25. The lowest BCUT2D eigenvalue weighted by Gasteiger charge is -2.31. The van der Waals surface area contributed by atoms with Gasteiger partial charge in [-0.05, 0) is 123 Å². The number of fused-ring (bicyclic) bond motifs is 2. The first-order valence-corrected chi connectivity index (χ1v) is 18.3. The second-order valence-corrected chi connectivity index (χ2v) is 14.0. The number of hydrogen-bond donors (Lipinski definition) is 0. The van der Waals surface area contributed by atoms with Crippen LogP contribution < -0.4 is 10.4 Å². The lowest BCUT2D eigenvalue weighted by Crippen LogP contribution is -2.39. The SMILES string of the molecule is CC1C(c2cc(-c3cc(C4=CCCC=C4)nc(C4=CCCC=C4)c3)cc(-c3ccc(-c4ccccc4)cn3)c2)=c2ccccc2=C2C=CC=CC21. The van der Waals surface area contributed by atoms with Crippen molar-refractivity contribution < 1.29 is 0 Å². The van der Waals surface area contributed by atoms with Gasteiger partial charge in [0, 0.05) is 23.2 Å². The average molecular weight is 657 g/mol. The van der Waals surface area contributed by atoms with Gasteiger partial charge in [0.1, 0.15) is 0 Å². The van der Waals surface area contributed by atoms with Gasteiger partial charge in [-0.2, -0.15) is 0 Å². The standard InChI is InChI=1S/C49H40N2/c1-33-42-21-11-12-22-43(42)44-23-13-14-24-45(44)49(33)41-28-38(27-40(29-41)46-26-25-37(32-50-46)34-15-5-2-6-16-34)39-30-47(35-17-7-3-8-18-35)51-48(31-39)36-19-9-4-10-20-36/h2,5-7,9,11-33,42H,3-4,8,10H2,1H3. The minimum absolute atomic E-state index is 0.297. The zero-order chi connectivity index (χ0) is 34.1. The van der Waals surface area contributed by atoms with Gasteiger partial charge >= 0.3 is 0 Å². The Kier molecular flexibility index (Phi) is 8.22. The second kappa shape index (κ2) is 13.5. The summed E-state index contributed by atoms with van der Waals surface area (Å²) in [4.78, 5) is 10.3. The molecule has 0 bridgehead atoms.